The van der Waals surface area contributed by atoms with Crippen LogP contribution in [0.4, 0.5) is 20.4 Å². The SMILES string of the molecule is CC1c2cnc(-c3ncccn3)nc2CCN1c1cc(F)cc(N2CC(F)C2)n1. The lowest BCUT2D eigenvalue weighted by molar-refractivity contribution is 0.273. The Kier molecular flexibility index (Phi) is 4.30. The summed E-state index contributed by atoms with van der Waals surface area (Å²) in [5.41, 5.74) is 1.90. The molecule has 0 N–H and O–H groups in total. The highest BCUT2D eigenvalue weighted by atomic mass is 19.1. The molecule has 0 aromatic carbocycles. The summed E-state index contributed by atoms with van der Waals surface area (Å²) in [6.45, 7) is 3.17. The van der Waals surface area contributed by atoms with Crippen molar-refractivity contribution in [2.45, 2.75) is 25.6 Å². The van der Waals surface area contributed by atoms with E-state index in [0.717, 1.165) is 11.3 Å². The third kappa shape index (κ3) is 3.26. The topological polar surface area (TPSA) is 70.9 Å². The van der Waals surface area contributed by atoms with Gasteiger partial charge in [0.25, 0.3) is 0 Å². The maximum atomic E-state index is 14.2. The number of fused-ring (bicyclic) bond motifs is 1. The van der Waals surface area contributed by atoms with Gasteiger partial charge in [-0.15, -0.1) is 0 Å². The average molecular weight is 395 g/mol. The fraction of sp³-hybridized carbons (Fsp3) is 0.350. The number of nitrogens with zero attached hydrogens (tertiary/aromatic N) is 7. The number of aromatic nitrogens is 5. The van der Waals surface area contributed by atoms with E-state index >= 15 is 0 Å². The van der Waals surface area contributed by atoms with E-state index in [1.807, 2.05) is 11.8 Å². The standard InChI is InChI=1S/C20H19F2N7/c1-12-15-9-25-20(19-23-4-2-5-24-19)26-16(15)3-6-29(12)18-8-13(21)7-17(27-18)28-10-14(22)11-28/h2,4-5,7-9,12,14H,3,6,10-11H2,1H3. The summed E-state index contributed by atoms with van der Waals surface area (Å²) in [7, 11) is 0. The number of hydrogen-bond acceptors (Lipinski definition) is 7. The van der Waals surface area contributed by atoms with Gasteiger partial charge in [-0.2, -0.15) is 0 Å². The molecule has 3 aromatic heterocycles. The summed E-state index contributed by atoms with van der Waals surface area (Å²) in [5.74, 6) is 1.62. The molecule has 1 atom stereocenters. The first-order valence-electron chi connectivity index (χ1n) is 9.55. The third-order valence-electron chi connectivity index (χ3n) is 5.39. The van der Waals surface area contributed by atoms with Crippen molar-refractivity contribution < 1.29 is 8.78 Å². The largest absolute Gasteiger partial charge is 0.350 e. The monoisotopic (exact) mass is 395 g/mol. The highest BCUT2D eigenvalue weighted by Crippen LogP contribution is 2.34. The Labute approximate surface area is 166 Å². The van der Waals surface area contributed by atoms with Gasteiger partial charge in [0.05, 0.1) is 24.8 Å². The van der Waals surface area contributed by atoms with Crippen LogP contribution in [0.15, 0.2) is 36.8 Å². The van der Waals surface area contributed by atoms with Gasteiger partial charge in [0.2, 0.25) is 0 Å². The molecule has 2 aliphatic rings. The number of rotatable bonds is 3. The normalized spacial score (nSPS) is 19.1. The van der Waals surface area contributed by atoms with Gasteiger partial charge in [-0.1, -0.05) is 0 Å². The minimum atomic E-state index is -0.871. The van der Waals surface area contributed by atoms with E-state index in [-0.39, 0.29) is 24.9 Å². The summed E-state index contributed by atoms with van der Waals surface area (Å²) in [6, 6.07) is 4.45. The second-order valence-corrected chi connectivity index (χ2v) is 7.29. The molecule has 0 saturated carbocycles. The minimum Gasteiger partial charge on any atom is -0.350 e. The van der Waals surface area contributed by atoms with Crippen LogP contribution < -0.4 is 9.80 Å². The van der Waals surface area contributed by atoms with Crippen LogP contribution in [0.25, 0.3) is 11.6 Å². The van der Waals surface area contributed by atoms with Crippen molar-refractivity contribution in [2.75, 3.05) is 29.4 Å². The van der Waals surface area contributed by atoms with Gasteiger partial charge in [-0.25, -0.2) is 33.7 Å². The molecule has 7 nitrogen and oxygen atoms in total. The van der Waals surface area contributed by atoms with E-state index in [4.69, 9.17) is 0 Å². The number of anilines is 2. The van der Waals surface area contributed by atoms with Gasteiger partial charge in [-0.3, -0.25) is 0 Å². The van der Waals surface area contributed by atoms with E-state index < -0.39 is 6.17 Å². The Balaban J connectivity index is 1.44. The Bertz CT molecular complexity index is 1040. The maximum absolute atomic E-state index is 14.2. The molecule has 148 valence electrons. The lowest BCUT2D eigenvalue weighted by atomic mass is 9.99. The van der Waals surface area contributed by atoms with Gasteiger partial charge in [0.1, 0.15) is 23.6 Å². The van der Waals surface area contributed by atoms with Crippen LogP contribution in [0.2, 0.25) is 0 Å². The predicted molar refractivity (Wildman–Crippen MR) is 104 cm³/mol. The number of pyridine rings is 1. The van der Waals surface area contributed by atoms with Gasteiger partial charge >= 0.3 is 0 Å². The molecule has 5 rings (SSSR count). The first-order chi connectivity index (χ1) is 14.1. The Morgan fingerprint density at radius 3 is 2.52 bits per heavy atom. The summed E-state index contributed by atoms with van der Waals surface area (Å²) >= 11 is 0. The highest BCUT2D eigenvalue weighted by molar-refractivity contribution is 5.54. The fourth-order valence-corrected chi connectivity index (χ4v) is 3.79. The van der Waals surface area contributed by atoms with Crippen LogP contribution in [0.1, 0.15) is 24.2 Å². The first kappa shape index (κ1) is 17.8. The smallest absolute Gasteiger partial charge is 0.197 e. The summed E-state index contributed by atoms with van der Waals surface area (Å²) in [6.07, 6.45) is 4.90. The van der Waals surface area contributed by atoms with Crippen molar-refractivity contribution in [3.05, 3.63) is 53.9 Å². The predicted octanol–water partition coefficient (Wildman–Crippen LogP) is 2.75. The Hall–Kier alpha value is -3.23. The number of hydrogen-bond donors (Lipinski definition) is 0. The Morgan fingerprint density at radius 2 is 1.76 bits per heavy atom. The van der Waals surface area contributed by atoms with Gasteiger partial charge < -0.3 is 9.80 Å². The third-order valence-corrected chi connectivity index (χ3v) is 5.39. The van der Waals surface area contributed by atoms with Crippen LogP contribution in [0.3, 0.4) is 0 Å². The molecular weight excluding hydrogens is 376 g/mol. The van der Waals surface area contributed by atoms with E-state index in [9.17, 15) is 8.78 Å². The molecule has 1 fully saturated rings. The highest BCUT2D eigenvalue weighted by Gasteiger charge is 2.30. The summed E-state index contributed by atoms with van der Waals surface area (Å²) < 4.78 is 27.4. The molecule has 3 aromatic rings. The minimum absolute atomic E-state index is 0.0723. The zero-order chi connectivity index (χ0) is 20.0. The fourth-order valence-electron chi connectivity index (χ4n) is 3.79. The van der Waals surface area contributed by atoms with Crippen molar-refractivity contribution >= 4 is 11.6 Å². The van der Waals surface area contributed by atoms with Gasteiger partial charge in [0, 0.05) is 49.3 Å². The lowest BCUT2D eigenvalue weighted by Gasteiger charge is -2.38. The van der Waals surface area contributed by atoms with Gasteiger partial charge in [0.15, 0.2) is 11.6 Å². The van der Waals surface area contributed by atoms with Crippen molar-refractivity contribution in [1.29, 1.82) is 0 Å². The van der Waals surface area contributed by atoms with Crippen LogP contribution in [0.5, 0.6) is 0 Å². The summed E-state index contributed by atoms with van der Waals surface area (Å²) in [5, 5.41) is 0. The van der Waals surface area contributed by atoms with Crippen LogP contribution in [-0.4, -0.2) is 50.7 Å². The van der Waals surface area contributed by atoms with Crippen LogP contribution >= 0.6 is 0 Å². The van der Waals surface area contributed by atoms with E-state index in [0.29, 0.717) is 36.3 Å². The number of alkyl halides is 1. The second-order valence-electron chi connectivity index (χ2n) is 7.29. The van der Waals surface area contributed by atoms with E-state index in [1.54, 1.807) is 29.6 Å². The molecule has 5 heterocycles. The molecule has 9 heteroatoms. The van der Waals surface area contributed by atoms with Crippen molar-refractivity contribution in [1.82, 2.24) is 24.9 Å². The molecule has 0 amide bonds. The van der Waals surface area contributed by atoms with Gasteiger partial charge in [-0.05, 0) is 13.0 Å². The molecule has 1 saturated heterocycles. The zero-order valence-corrected chi connectivity index (χ0v) is 15.8. The molecular formula is C20H19F2N7. The molecule has 0 radical (unpaired) electrons. The Morgan fingerprint density at radius 1 is 1.00 bits per heavy atom. The lowest BCUT2D eigenvalue weighted by Crippen LogP contribution is -2.49. The van der Waals surface area contributed by atoms with E-state index in [2.05, 4.69) is 24.9 Å². The van der Waals surface area contributed by atoms with Crippen molar-refractivity contribution in [2.24, 2.45) is 0 Å². The molecule has 1 unspecified atom stereocenters. The maximum Gasteiger partial charge on any atom is 0.197 e. The second kappa shape index (κ2) is 6.98. The molecule has 29 heavy (non-hydrogen) atoms. The van der Waals surface area contributed by atoms with Crippen LogP contribution in [0, 0.1) is 5.82 Å². The van der Waals surface area contributed by atoms with Crippen LogP contribution in [-0.2, 0) is 6.42 Å². The molecule has 0 aliphatic carbocycles. The quantitative estimate of drug-likeness (QED) is 0.675. The molecule has 0 spiro atoms. The number of halogens is 2. The van der Waals surface area contributed by atoms with Crippen molar-refractivity contribution in [3.8, 4) is 11.6 Å². The van der Waals surface area contributed by atoms with E-state index in [1.165, 1.54) is 12.1 Å². The average Bonchev–Trinajstić information content (AvgIpc) is 2.71. The first-order valence-corrected chi connectivity index (χ1v) is 9.55. The molecule has 0 bridgehead atoms. The summed E-state index contributed by atoms with van der Waals surface area (Å²) in [4.78, 5) is 25.8. The van der Waals surface area contributed by atoms with Crippen molar-refractivity contribution in [3.63, 3.8) is 0 Å². The zero-order valence-electron chi connectivity index (χ0n) is 15.8. The molecule has 2 aliphatic heterocycles.